The molecule has 0 aliphatic heterocycles. The molecule has 2 atom stereocenters. The number of esters is 2. The minimum atomic E-state index is -1.54. The number of nitrogens with zero attached hydrogens (tertiary/aromatic N) is 1. The van der Waals surface area contributed by atoms with E-state index in [1.807, 2.05) is 21.1 Å². The largest absolute Gasteiger partial charge is 0.477 e. The molecule has 2 unspecified atom stereocenters. The van der Waals surface area contributed by atoms with E-state index in [0.29, 0.717) is 23.9 Å². The van der Waals surface area contributed by atoms with Gasteiger partial charge in [-0.25, -0.2) is 4.79 Å². The van der Waals surface area contributed by atoms with Crippen molar-refractivity contribution < 1.29 is 42.9 Å². The first-order valence-electron chi connectivity index (χ1n) is 25.3. The number of likely N-dealkylation sites (N-methyl/N-ethyl adjacent to an activating group) is 1. The maximum absolute atomic E-state index is 12.8. The topological polar surface area (TPSA) is 108 Å². The van der Waals surface area contributed by atoms with Crippen molar-refractivity contribution in [2.24, 2.45) is 0 Å². The number of hydrogen-bond acceptors (Lipinski definition) is 7. The van der Waals surface area contributed by atoms with Gasteiger partial charge in [0.25, 0.3) is 6.29 Å². The van der Waals surface area contributed by atoms with Crippen molar-refractivity contribution in [1.82, 2.24) is 0 Å². The highest BCUT2D eigenvalue weighted by molar-refractivity contribution is 5.71. The average molecular weight is 931 g/mol. The number of hydrogen-bond donors (Lipinski definition) is 1. The van der Waals surface area contributed by atoms with Gasteiger partial charge in [-0.05, 0) is 103 Å². The molecule has 0 aromatic heterocycles. The molecule has 0 rings (SSSR count). The second-order valence-electron chi connectivity index (χ2n) is 17.4. The molecule has 9 nitrogen and oxygen atoms in total. The van der Waals surface area contributed by atoms with Crippen LogP contribution in [-0.2, 0) is 33.3 Å². The van der Waals surface area contributed by atoms with Crippen molar-refractivity contribution in [3.8, 4) is 0 Å². The van der Waals surface area contributed by atoms with Gasteiger partial charge in [0.2, 0.25) is 0 Å². The molecule has 67 heavy (non-hydrogen) atoms. The molecule has 0 heterocycles. The number of carbonyl (C=O) groups excluding carboxylic acids is 2. The van der Waals surface area contributed by atoms with Crippen molar-refractivity contribution in [2.45, 2.75) is 167 Å². The number of carboxylic acid groups (broad SMARTS) is 1. The summed E-state index contributed by atoms with van der Waals surface area (Å²) in [5, 5.41) is 9.67. The summed E-state index contributed by atoms with van der Waals surface area (Å²) >= 11 is 0. The van der Waals surface area contributed by atoms with E-state index in [2.05, 4.69) is 148 Å². The number of carbonyl (C=O) groups is 3. The first kappa shape index (κ1) is 62.4. The fraction of sp³-hybridized carbons (Fsp3) is 0.569. The summed E-state index contributed by atoms with van der Waals surface area (Å²) in [5.74, 6) is -2.13. The van der Waals surface area contributed by atoms with E-state index in [4.69, 9.17) is 18.9 Å². The Kier molecular flexibility index (Phi) is 44.6. The normalized spacial score (nSPS) is 14.0. The Bertz CT molecular complexity index is 1550. The molecule has 9 heteroatoms. The molecule has 0 aromatic carbocycles. The fourth-order valence-corrected chi connectivity index (χ4v) is 6.05. The zero-order valence-electron chi connectivity index (χ0n) is 42.5. The van der Waals surface area contributed by atoms with Gasteiger partial charge in [-0.15, -0.1) is 0 Å². The van der Waals surface area contributed by atoms with E-state index >= 15 is 0 Å². The number of allylic oxidation sites excluding steroid dienone is 22. The summed E-state index contributed by atoms with van der Waals surface area (Å²) < 4.78 is 22.7. The first-order chi connectivity index (χ1) is 32.6. The number of rotatable bonds is 44. The predicted octanol–water partition coefficient (Wildman–Crippen LogP) is 14.3. The van der Waals surface area contributed by atoms with Crippen LogP contribution in [0.1, 0.15) is 155 Å². The number of ether oxygens (including phenoxy) is 4. The van der Waals surface area contributed by atoms with E-state index in [-0.39, 0.29) is 32.7 Å². The maximum atomic E-state index is 12.8. The van der Waals surface area contributed by atoms with Crippen molar-refractivity contribution >= 4 is 17.9 Å². The zero-order chi connectivity index (χ0) is 49.2. The lowest BCUT2D eigenvalue weighted by Crippen LogP contribution is -2.40. The summed E-state index contributed by atoms with van der Waals surface area (Å²) in [6.45, 7) is 4.52. The van der Waals surface area contributed by atoms with E-state index in [1.165, 1.54) is 0 Å². The molecule has 0 aliphatic rings. The minimum Gasteiger partial charge on any atom is -0.477 e. The highest BCUT2D eigenvalue weighted by Crippen LogP contribution is 2.12. The van der Waals surface area contributed by atoms with Crippen LogP contribution in [0.3, 0.4) is 0 Å². The third kappa shape index (κ3) is 49.2. The van der Waals surface area contributed by atoms with Gasteiger partial charge in [0, 0.05) is 12.8 Å². The second kappa shape index (κ2) is 47.9. The Hall–Kier alpha value is -4.57. The Morgan fingerprint density at radius 1 is 0.448 bits per heavy atom. The van der Waals surface area contributed by atoms with E-state index in [0.717, 1.165) is 116 Å². The Balaban J connectivity index is 4.49. The van der Waals surface area contributed by atoms with Crippen LogP contribution < -0.4 is 0 Å². The summed E-state index contributed by atoms with van der Waals surface area (Å²) in [7, 11) is 5.92. The maximum Gasteiger partial charge on any atom is 0.361 e. The molecule has 0 aliphatic carbocycles. The van der Waals surface area contributed by atoms with Crippen molar-refractivity contribution in [3.05, 3.63) is 134 Å². The van der Waals surface area contributed by atoms with Gasteiger partial charge in [0.05, 0.1) is 34.4 Å². The standard InChI is InChI=1S/C58H91NO8/c1-6-8-10-12-14-16-18-20-22-24-25-26-27-28-29-30-31-33-35-37-39-41-43-45-47-49-56(61)67-54(53-66-58(57(62)63)64-51-50-59(3,4)5)52-65-55(60)48-46-44-42-40-38-36-34-32-23-21-19-17-15-13-11-9-7-2/h8-11,14-17,20-23,25-26,28-29,31,33-34,36,40,42,54,58H,6-7,12-13,18-19,24,27,30,32,35,37-39,41,43-53H2,1-5H3/p+1/b10-8-,11-9-,16-14-,17-15-,22-20-,23-21-,26-25-,29-28-,33-31-,36-34-,42-40-. The fourth-order valence-electron chi connectivity index (χ4n) is 6.05. The Labute approximate surface area is 408 Å². The molecule has 0 saturated carbocycles. The predicted molar refractivity (Wildman–Crippen MR) is 281 cm³/mol. The van der Waals surface area contributed by atoms with E-state index < -0.39 is 30.3 Å². The molecule has 0 fully saturated rings. The van der Waals surface area contributed by atoms with Crippen LogP contribution in [0.15, 0.2) is 134 Å². The van der Waals surface area contributed by atoms with Gasteiger partial charge < -0.3 is 28.5 Å². The van der Waals surface area contributed by atoms with Gasteiger partial charge in [0.15, 0.2) is 6.10 Å². The molecular formula is C58H92NO8+. The Morgan fingerprint density at radius 3 is 1.24 bits per heavy atom. The van der Waals surface area contributed by atoms with Crippen LogP contribution in [0.5, 0.6) is 0 Å². The molecule has 0 spiro atoms. The van der Waals surface area contributed by atoms with E-state index in [9.17, 15) is 19.5 Å². The molecule has 0 radical (unpaired) electrons. The molecule has 0 amide bonds. The van der Waals surface area contributed by atoms with Gasteiger partial charge in [0.1, 0.15) is 13.2 Å². The van der Waals surface area contributed by atoms with Crippen LogP contribution in [-0.4, -0.2) is 87.4 Å². The lowest BCUT2D eigenvalue weighted by Gasteiger charge is -2.25. The first-order valence-corrected chi connectivity index (χ1v) is 25.3. The van der Waals surface area contributed by atoms with Gasteiger partial charge in [-0.1, -0.05) is 173 Å². The molecular weight excluding hydrogens is 839 g/mol. The van der Waals surface area contributed by atoms with Crippen LogP contribution in [0.25, 0.3) is 0 Å². The van der Waals surface area contributed by atoms with Gasteiger partial charge in [-0.2, -0.15) is 0 Å². The van der Waals surface area contributed by atoms with E-state index in [1.54, 1.807) is 0 Å². The van der Waals surface area contributed by atoms with Gasteiger partial charge in [-0.3, -0.25) is 9.59 Å². The molecule has 0 bridgehead atoms. The lowest BCUT2D eigenvalue weighted by molar-refractivity contribution is -0.870. The number of carboxylic acids is 1. The van der Waals surface area contributed by atoms with Crippen molar-refractivity contribution in [1.29, 1.82) is 0 Å². The van der Waals surface area contributed by atoms with Gasteiger partial charge >= 0.3 is 17.9 Å². The Morgan fingerprint density at radius 2 is 0.821 bits per heavy atom. The van der Waals surface area contributed by atoms with Crippen LogP contribution in [0.2, 0.25) is 0 Å². The monoisotopic (exact) mass is 931 g/mol. The summed E-state index contributed by atoms with van der Waals surface area (Å²) in [6.07, 6.45) is 65.2. The highest BCUT2D eigenvalue weighted by atomic mass is 16.7. The van der Waals surface area contributed by atoms with Crippen LogP contribution in [0, 0.1) is 0 Å². The number of aliphatic carboxylic acids is 1. The second-order valence-corrected chi connectivity index (χ2v) is 17.4. The molecule has 376 valence electrons. The average Bonchev–Trinajstić information content (AvgIpc) is 3.29. The lowest BCUT2D eigenvalue weighted by atomic mass is 10.1. The minimum absolute atomic E-state index is 0.167. The molecule has 0 saturated heterocycles. The number of quaternary nitrogens is 1. The van der Waals surface area contributed by atoms with Crippen molar-refractivity contribution in [3.63, 3.8) is 0 Å². The number of unbranched alkanes of at least 4 members (excludes halogenated alkanes) is 7. The van der Waals surface area contributed by atoms with Crippen LogP contribution in [0.4, 0.5) is 0 Å². The highest BCUT2D eigenvalue weighted by Gasteiger charge is 2.25. The smallest absolute Gasteiger partial charge is 0.361 e. The summed E-state index contributed by atoms with van der Waals surface area (Å²) in [4.78, 5) is 37.3. The van der Waals surface area contributed by atoms with Crippen molar-refractivity contribution in [2.75, 3.05) is 47.5 Å². The third-order valence-corrected chi connectivity index (χ3v) is 9.90. The zero-order valence-corrected chi connectivity index (χ0v) is 42.5. The SMILES string of the molecule is CC/C=C\C/C=C\C/C=C\C/C=C\C/C=C\C/C=C\CCCCCCCCC(=O)OC(COC(=O)CCC/C=C\C/C=C\C/C=C\C/C=C\C/C=C\CC)COC(OCC[N+](C)(C)C)C(=O)O. The molecule has 1 N–H and O–H groups in total. The summed E-state index contributed by atoms with van der Waals surface area (Å²) in [6, 6.07) is 0. The van der Waals surface area contributed by atoms with Crippen LogP contribution >= 0.6 is 0 Å². The third-order valence-electron chi connectivity index (χ3n) is 9.90. The molecule has 0 aromatic rings. The quantitative estimate of drug-likeness (QED) is 0.0212. The summed E-state index contributed by atoms with van der Waals surface area (Å²) in [5.41, 5.74) is 0.